The van der Waals surface area contributed by atoms with Gasteiger partial charge < -0.3 is 15.4 Å². The average molecular weight is 276 g/mol. The highest BCUT2D eigenvalue weighted by Gasteiger charge is 2.25. The molecule has 1 atom stereocenters. The molecule has 1 aliphatic rings. The zero-order valence-corrected chi connectivity index (χ0v) is 12.2. The van der Waals surface area contributed by atoms with Gasteiger partial charge in [0.15, 0.2) is 0 Å². The Kier molecular flexibility index (Phi) is 5.87. The highest BCUT2D eigenvalue weighted by Crippen LogP contribution is 2.24. The Morgan fingerprint density at radius 3 is 2.95 bits per heavy atom. The molecule has 0 fully saturated rings. The van der Waals surface area contributed by atoms with Gasteiger partial charge in [-0.05, 0) is 24.5 Å². The molecule has 110 valence electrons. The molecule has 1 aromatic rings. The molecule has 1 aromatic carbocycles. The largest absolute Gasteiger partial charge is 0.381 e. The van der Waals surface area contributed by atoms with E-state index in [1.54, 1.807) is 0 Å². The number of fused-ring (bicyclic) bond motifs is 1. The molecule has 4 heteroatoms. The van der Waals surface area contributed by atoms with Gasteiger partial charge in [-0.3, -0.25) is 4.79 Å². The normalized spacial score (nSPS) is 16.6. The summed E-state index contributed by atoms with van der Waals surface area (Å²) in [6.07, 6.45) is 3.91. The standard InChI is InChI=1S/C16H24N2O2/c1-2-3-10-20-11-6-9-17-16(19)15-12-13-7-4-5-8-14(13)18-15/h4-5,7-8,15,18H,2-3,6,9-12H2,1H3,(H,17,19). The van der Waals surface area contributed by atoms with Crippen LogP contribution in [0.5, 0.6) is 0 Å². The first-order chi connectivity index (χ1) is 9.81. The number of amides is 1. The molecular weight excluding hydrogens is 252 g/mol. The van der Waals surface area contributed by atoms with Crippen molar-refractivity contribution in [2.24, 2.45) is 0 Å². The summed E-state index contributed by atoms with van der Waals surface area (Å²) in [7, 11) is 0. The van der Waals surface area contributed by atoms with E-state index in [-0.39, 0.29) is 11.9 Å². The van der Waals surface area contributed by atoms with Crippen LogP contribution in [-0.2, 0) is 16.0 Å². The van der Waals surface area contributed by atoms with Crippen LogP contribution in [0, 0.1) is 0 Å². The Morgan fingerprint density at radius 2 is 2.15 bits per heavy atom. The van der Waals surface area contributed by atoms with Crippen molar-refractivity contribution < 1.29 is 9.53 Å². The molecule has 20 heavy (non-hydrogen) atoms. The van der Waals surface area contributed by atoms with E-state index < -0.39 is 0 Å². The van der Waals surface area contributed by atoms with Gasteiger partial charge in [0.25, 0.3) is 0 Å². The van der Waals surface area contributed by atoms with Crippen LogP contribution in [0.15, 0.2) is 24.3 Å². The minimum atomic E-state index is -0.131. The Morgan fingerprint density at radius 1 is 1.35 bits per heavy atom. The van der Waals surface area contributed by atoms with E-state index in [1.165, 1.54) is 5.56 Å². The van der Waals surface area contributed by atoms with Gasteiger partial charge in [0, 0.05) is 31.9 Å². The Bertz CT molecular complexity index is 409. The smallest absolute Gasteiger partial charge is 0.242 e. The molecule has 0 saturated carbocycles. The molecule has 1 heterocycles. The maximum absolute atomic E-state index is 12.0. The Balaban J connectivity index is 1.60. The van der Waals surface area contributed by atoms with Crippen LogP contribution in [0.25, 0.3) is 0 Å². The topological polar surface area (TPSA) is 50.4 Å². The molecule has 1 amide bonds. The zero-order valence-electron chi connectivity index (χ0n) is 12.2. The maximum Gasteiger partial charge on any atom is 0.242 e. The highest BCUT2D eigenvalue weighted by atomic mass is 16.5. The third-order valence-electron chi connectivity index (χ3n) is 3.49. The van der Waals surface area contributed by atoms with Crippen molar-refractivity contribution in [3.05, 3.63) is 29.8 Å². The van der Waals surface area contributed by atoms with Gasteiger partial charge in [-0.25, -0.2) is 0 Å². The van der Waals surface area contributed by atoms with Crippen molar-refractivity contribution in [2.75, 3.05) is 25.1 Å². The summed E-state index contributed by atoms with van der Waals surface area (Å²) in [6.45, 7) is 4.37. The van der Waals surface area contributed by atoms with E-state index in [0.29, 0.717) is 6.54 Å². The van der Waals surface area contributed by atoms with E-state index in [0.717, 1.165) is 44.6 Å². The lowest BCUT2D eigenvalue weighted by Crippen LogP contribution is -2.39. The lowest BCUT2D eigenvalue weighted by molar-refractivity contribution is -0.121. The van der Waals surface area contributed by atoms with E-state index in [1.807, 2.05) is 18.2 Å². The van der Waals surface area contributed by atoms with E-state index >= 15 is 0 Å². The van der Waals surface area contributed by atoms with Crippen LogP contribution in [0.3, 0.4) is 0 Å². The third kappa shape index (κ3) is 4.23. The van der Waals surface area contributed by atoms with Gasteiger partial charge >= 0.3 is 0 Å². The van der Waals surface area contributed by atoms with E-state index in [4.69, 9.17) is 4.74 Å². The highest BCUT2D eigenvalue weighted by molar-refractivity contribution is 5.87. The predicted molar refractivity (Wildman–Crippen MR) is 80.9 cm³/mol. The first kappa shape index (κ1) is 14.9. The molecule has 0 aromatic heterocycles. The van der Waals surface area contributed by atoms with Crippen LogP contribution < -0.4 is 10.6 Å². The average Bonchev–Trinajstić information content (AvgIpc) is 2.90. The number of carbonyl (C=O) groups is 1. The molecule has 1 aliphatic heterocycles. The van der Waals surface area contributed by atoms with Crippen molar-refractivity contribution in [3.63, 3.8) is 0 Å². The number of rotatable bonds is 8. The van der Waals surface area contributed by atoms with Crippen LogP contribution in [0.4, 0.5) is 5.69 Å². The van der Waals surface area contributed by atoms with Crippen LogP contribution in [-0.4, -0.2) is 31.7 Å². The molecule has 0 bridgehead atoms. The number of nitrogens with one attached hydrogen (secondary N) is 2. The minimum Gasteiger partial charge on any atom is -0.381 e. The molecule has 2 N–H and O–H groups in total. The molecule has 0 saturated heterocycles. The summed E-state index contributed by atoms with van der Waals surface area (Å²) >= 11 is 0. The molecule has 1 unspecified atom stereocenters. The second-order valence-electron chi connectivity index (χ2n) is 5.17. The van der Waals surface area contributed by atoms with Crippen molar-refractivity contribution >= 4 is 11.6 Å². The Labute approximate surface area is 120 Å². The first-order valence-corrected chi connectivity index (χ1v) is 7.51. The minimum absolute atomic E-state index is 0.0785. The van der Waals surface area contributed by atoms with Gasteiger partial charge in [0.2, 0.25) is 5.91 Å². The second kappa shape index (κ2) is 7.90. The third-order valence-corrected chi connectivity index (χ3v) is 3.49. The van der Waals surface area contributed by atoms with E-state index in [2.05, 4.69) is 23.6 Å². The quantitative estimate of drug-likeness (QED) is 0.717. The molecular formula is C16H24N2O2. The summed E-state index contributed by atoms with van der Waals surface area (Å²) in [4.78, 5) is 12.0. The number of hydrogen-bond acceptors (Lipinski definition) is 3. The van der Waals surface area contributed by atoms with Crippen LogP contribution in [0.1, 0.15) is 31.7 Å². The van der Waals surface area contributed by atoms with Gasteiger partial charge in [0.1, 0.15) is 6.04 Å². The summed E-state index contributed by atoms with van der Waals surface area (Å²) in [5.74, 6) is 0.0785. The second-order valence-corrected chi connectivity index (χ2v) is 5.17. The summed E-state index contributed by atoms with van der Waals surface area (Å²) in [6, 6.07) is 7.95. The summed E-state index contributed by atoms with van der Waals surface area (Å²) in [5, 5.41) is 6.23. The zero-order chi connectivity index (χ0) is 14.2. The molecule has 4 nitrogen and oxygen atoms in total. The molecule has 0 spiro atoms. The summed E-state index contributed by atoms with van der Waals surface area (Å²) in [5.41, 5.74) is 2.30. The van der Waals surface area contributed by atoms with E-state index in [9.17, 15) is 4.79 Å². The van der Waals surface area contributed by atoms with Crippen molar-refractivity contribution in [1.82, 2.24) is 5.32 Å². The fourth-order valence-corrected chi connectivity index (χ4v) is 2.31. The van der Waals surface area contributed by atoms with Crippen molar-refractivity contribution in [3.8, 4) is 0 Å². The van der Waals surface area contributed by atoms with Gasteiger partial charge in [-0.2, -0.15) is 0 Å². The number of benzene rings is 1. The first-order valence-electron chi connectivity index (χ1n) is 7.51. The lowest BCUT2D eigenvalue weighted by atomic mass is 10.1. The lowest BCUT2D eigenvalue weighted by Gasteiger charge is -2.12. The summed E-state index contributed by atoms with van der Waals surface area (Å²) < 4.78 is 5.47. The predicted octanol–water partition coefficient (Wildman–Crippen LogP) is 2.35. The van der Waals surface area contributed by atoms with Crippen molar-refractivity contribution in [1.29, 1.82) is 0 Å². The Hall–Kier alpha value is -1.55. The fourth-order valence-electron chi connectivity index (χ4n) is 2.31. The monoisotopic (exact) mass is 276 g/mol. The number of hydrogen-bond donors (Lipinski definition) is 2. The molecule has 0 radical (unpaired) electrons. The van der Waals surface area contributed by atoms with Gasteiger partial charge in [-0.15, -0.1) is 0 Å². The number of carbonyl (C=O) groups excluding carboxylic acids is 1. The van der Waals surface area contributed by atoms with Gasteiger partial charge in [-0.1, -0.05) is 31.5 Å². The number of ether oxygens (including phenoxy) is 1. The SMILES string of the molecule is CCCCOCCCNC(=O)C1Cc2ccccc2N1. The van der Waals surface area contributed by atoms with Crippen molar-refractivity contribution in [2.45, 2.75) is 38.6 Å². The number of unbranched alkanes of at least 4 members (excludes halogenated alkanes) is 1. The van der Waals surface area contributed by atoms with Gasteiger partial charge in [0.05, 0.1) is 0 Å². The number of anilines is 1. The molecule has 2 rings (SSSR count). The molecule has 0 aliphatic carbocycles. The maximum atomic E-state index is 12.0. The van der Waals surface area contributed by atoms with Crippen LogP contribution >= 0.6 is 0 Å². The number of para-hydroxylation sites is 1. The fraction of sp³-hybridized carbons (Fsp3) is 0.562. The van der Waals surface area contributed by atoms with Crippen LogP contribution in [0.2, 0.25) is 0 Å².